The van der Waals surface area contributed by atoms with Crippen LogP contribution in [0.2, 0.25) is 0 Å². The summed E-state index contributed by atoms with van der Waals surface area (Å²) in [5.41, 5.74) is 2.90. The number of carbonyl (C=O) groups is 2. The van der Waals surface area contributed by atoms with Crippen molar-refractivity contribution in [2.75, 3.05) is 44.2 Å². The van der Waals surface area contributed by atoms with Crippen molar-refractivity contribution in [2.24, 2.45) is 0 Å². The molecule has 2 aromatic rings. The molecule has 0 saturated carbocycles. The summed E-state index contributed by atoms with van der Waals surface area (Å²) in [6.07, 6.45) is 2.20. The molecule has 2 aliphatic rings. The molecule has 8 heteroatoms. The van der Waals surface area contributed by atoms with E-state index >= 15 is 0 Å². The van der Waals surface area contributed by atoms with E-state index in [1.165, 1.54) is 11.1 Å². The summed E-state index contributed by atoms with van der Waals surface area (Å²) in [6.45, 7) is 5.76. The second-order valence-corrected chi connectivity index (χ2v) is 7.16. The molecule has 4 rings (SSSR count). The number of benzene rings is 1. The zero-order chi connectivity index (χ0) is 20.2. The van der Waals surface area contributed by atoms with Crippen molar-refractivity contribution in [1.29, 1.82) is 0 Å². The number of carbonyl (C=O) groups excluding carboxylic acids is 2. The molecule has 8 nitrogen and oxygen atoms in total. The number of aromatic nitrogens is 2. The first kappa shape index (κ1) is 19.2. The fourth-order valence-electron chi connectivity index (χ4n) is 3.75. The summed E-state index contributed by atoms with van der Waals surface area (Å²) < 4.78 is 5.05. The Morgan fingerprint density at radius 1 is 1.00 bits per heavy atom. The number of rotatable bonds is 3. The highest BCUT2D eigenvalue weighted by atomic mass is 16.6. The van der Waals surface area contributed by atoms with Gasteiger partial charge in [0.05, 0.1) is 6.61 Å². The highest BCUT2D eigenvalue weighted by molar-refractivity contribution is 5.92. The third-order valence-electron chi connectivity index (χ3n) is 5.37. The summed E-state index contributed by atoms with van der Waals surface area (Å²) in [6, 6.07) is 9.90. The van der Waals surface area contributed by atoms with Crippen molar-refractivity contribution < 1.29 is 14.3 Å². The quantitative estimate of drug-likeness (QED) is 0.791. The fraction of sp³-hybridized carbons (Fsp3) is 0.429. The van der Waals surface area contributed by atoms with Gasteiger partial charge >= 0.3 is 6.09 Å². The minimum Gasteiger partial charge on any atom is -0.450 e. The number of fused-ring (bicyclic) bond motifs is 1. The minimum atomic E-state index is -0.289. The lowest BCUT2D eigenvalue weighted by molar-refractivity contribution is 0.0728. The highest BCUT2D eigenvalue weighted by Crippen LogP contribution is 2.20. The van der Waals surface area contributed by atoms with Gasteiger partial charge in [0.2, 0.25) is 5.95 Å². The highest BCUT2D eigenvalue weighted by Gasteiger charge is 2.26. The summed E-state index contributed by atoms with van der Waals surface area (Å²) in [4.78, 5) is 39.2. The molecule has 1 aromatic carbocycles. The van der Waals surface area contributed by atoms with E-state index in [-0.39, 0.29) is 12.0 Å². The Hall–Kier alpha value is -3.16. The lowest BCUT2D eigenvalue weighted by Gasteiger charge is -2.34. The molecule has 1 aromatic heterocycles. The maximum Gasteiger partial charge on any atom is 0.409 e. The van der Waals surface area contributed by atoms with Gasteiger partial charge in [0, 0.05) is 45.5 Å². The van der Waals surface area contributed by atoms with Crippen LogP contribution in [-0.2, 0) is 17.7 Å². The summed E-state index contributed by atoms with van der Waals surface area (Å²) >= 11 is 0. The number of nitrogens with zero attached hydrogens (tertiary/aromatic N) is 5. The van der Waals surface area contributed by atoms with E-state index in [0.717, 1.165) is 6.42 Å². The van der Waals surface area contributed by atoms with Crippen LogP contribution in [0.3, 0.4) is 0 Å². The van der Waals surface area contributed by atoms with Crippen molar-refractivity contribution in [1.82, 2.24) is 19.8 Å². The van der Waals surface area contributed by atoms with Gasteiger partial charge in [-0.25, -0.2) is 14.8 Å². The normalized spacial score (nSPS) is 16.4. The van der Waals surface area contributed by atoms with Crippen molar-refractivity contribution in [3.8, 4) is 0 Å². The first-order valence-electron chi connectivity index (χ1n) is 10.0. The van der Waals surface area contributed by atoms with Gasteiger partial charge in [-0.2, -0.15) is 0 Å². The maximum atomic E-state index is 13.0. The summed E-state index contributed by atoms with van der Waals surface area (Å²) in [7, 11) is 0. The molecule has 0 radical (unpaired) electrons. The average Bonchev–Trinajstić information content (AvgIpc) is 2.78. The summed E-state index contributed by atoms with van der Waals surface area (Å²) in [5.74, 6) is 0.449. The van der Waals surface area contributed by atoms with Gasteiger partial charge in [0.25, 0.3) is 5.91 Å². The molecule has 3 heterocycles. The molecule has 152 valence electrons. The van der Waals surface area contributed by atoms with Crippen molar-refractivity contribution >= 4 is 17.9 Å². The Kier molecular flexibility index (Phi) is 5.59. The monoisotopic (exact) mass is 395 g/mol. The number of piperazine rings is 1. The van der Waals surface area contributed by atoms with Crippen LogP contribution < -0.4 is 4.90 Å². The Balaban J connectivity index is 1.42. The minimum absolute atomic E-state index is 0.0756. The van der Waals surface area contributed by atoms with E-state index < -0.39 is 0 Å². The Morgan fingerprint density at radius 2 is 1.76 bits per heavy atom. The molecule has 1 saturated heterocycles. The predicted molar refractivity (Wildman–Crippen MR) is 108 cm³/mol. The first-order valence-corrected chi connectivity index (χ1v) is 10.0. The fourth-order valence-corrected chi connectivity index (χ4v) is 3.75. The van der Waals surface area contributed by atoms with Crippen molar-refractivity contribution in [3.63, 3.8) is 0 Å². The molecule has 0 aliphatic carbocycles. The molecular formula is C21H25N5O3. The zero-order valence-electron chi connectivity index (χ0n) is 16.6. The number of amides is 2. The largest absolute Gasteiger partial charge is 0.450 e. The summed E-state index contributed by atoms with van der Waals surface area (Å²) in [5, 5.41) is 0. The van der Waals surface area contributed by atoms with E-state index in [1.807, 2.05) is 21.9 Å². The van der Waals surface area contributed by atoms with Crippen LogP contribution in [-0.4, -0.2) is 71.1 Å². The zero-order valence-corrected chi connectivity index (χ0v) is 16.6. The third-order valence-corrected chi connectivity index (χ3v) is 5.37. The number of hydrogen-bond acceptors (Lipinski definition) is 6. The molecule has 29 heavy (non-hydrogen) atoms. The Bertz CT molecular complexity index is 895. The van der Waals surface area contributed by atoms with E-state index in [4.69, 9.17) is 4.74 Å². The maximum absolute atomic E-state index is 13.0. The van der Waals surface area contributed by atoms with Crippen LogP contribution in [0.1, 0.15) is 28.5 Å². The van der Waals surface area contributed by atoms with Crippen LogP contribution in [0.15, 0.2) is 36.5 Å². The molecule has 1 fully saturated rings. The van der Waals surface area contributed by atoms with E-state index in [1.54, 1.807) is 24.1 Å². The van der Waals surface area contributed by atoms with Gasteiger partial charge in [0.15, 0.2) is 0 Å². The van der Waals surface area contributed by atoms with Crippen LogP contribution >= 0.6 is 0 Å². The van der Waals surface area contributed by atoms with E-state index in [0.29, 0.717) is 57.5 Å². The molecular weight excluding hydrogens is 370 g/mol. The standard InChI is InChI=1S/C21H25N5O3/c1-2-29-21(28)25-13-11-24(12-14-25)20-22-9-7-18(23-20)19(27)26-10-8-16-5-3-4-6-17(16)15-26/h3-7,9H,2,8,10-15H2,1H3. The van der Waals surface area contributed by atoms with E-state index in [9.17, 15) is 9.59 Å². The van der Waals surface area contributed by atoms with Crippen molar-refractivity contribution in [3.05, 3.63) is 53.3 Å². The van der Waals surface area contributed by atoms with Gasteiger partial charge < -0.3 is 19.4 Å². The Labute approximate surface area is 170 Å². The SMILES string of the molecule is CCOC(=O)N1CCN(c2nccc(C(=O)N3CCc4ccccc4C3)n2)CC1. The molecule has 0 unspecified atom stereocenters. The van der Waals surface area contributed by atoms with Gasteiger partial charge in [0.1, 0.15) is 5.69 Å². The number of hydrogen-bond donors (Lipinski definition) is 0. The molecule has 0 N–H and O–H groups in total. The van der Waals surface area contributed by atoms with Crippen LogP contribution in [0.4, 0.5) is 10.7 Å². The second kappa shape index (κ2) is 8.46. The lowest BCUT2D eigenvalue weighted by atomic mass is 10.00. The van der Waals surface area contributed by atoms with Gasteiger partial charge in [-0.1, -0.05) is 24.3 Å². The third kappa shape index (κ3) is 4.16. The molecule has 0 bridgehead atoms. The first-order chi connectivity index (χ1) is 14.2. The predicted octanol–water partition coefficient (Wildman–Crippen LogP) is 1.95. The smallest absolute Gasteiger partial charge is 0.409 e. The number of ether oxygens (including phenoxy) is 1. The van der Waals surface area contributed by atoms with Crippen LogP contribution in [0.5, 0.6) is 0 Å². The molecule has 0 spiro atoms. The van der Waals surface area contributed by atoms with Crippen LogP contribution in [0, 0.1) is 0 Å². The van der Waals surface area contributed by atoms with Gasteiger partial charge in [-0.3, -0.25) is 4.79 Å². The number of anilines is 1. The van der Waals surface area contributed by atoms with E-state index in [2.05, 4.69) is 22.1 Å². The molecule has 2 amide bonds. The molecule has 0 atom stereocenters. The molecule has 2 aliphatic heterocycles. The Morgan fingerprint density at radius 3 is 2.52 bits per heavy atom. The van der Waals surface area contributed by atoms with Gasteiger partial charge in [-0.15, -0.1) is 0 Å². The average molecular weight is 395 g/mol. The lowest BCUT2D eigenvalue weighted by Crippen LogP contribution is -2.49. The van der Waals surface area contributed by atoms with Crippen LogP contribution in [0.25, 0.3) is 0 Å². The van der Waals surface area contributed by atoms with Gasteiger partial charge in [-0.05, 0) is 30.5 Å². The topological polar surface area (TPSA) is 78.9 Å². The van der Waals surface area contributed by atoms with Crippen molar-refractivity contribution in [2.45, 2.75) is 19.9 Å². The second-order valence-electron chi connectivity index (χ2n) is 7.16.